The van der Waals surface area contributed by atoms with Crippen LogP contribution in [-0.4, -0.2) is 25.1 Å². The van der Waals surface area contributed by atoms with E-state index in [0.29, 0.717) is 10.8 Å². The first-order valence-electron chi connectivity index (χ1n) is 4.86. The van der Waals surface area contributed by atoms with Crippen molar-refractivity contribution >= 4 is 17.3 Å². The zero-order chi connectivity index (χ0) is 13.1. The van der Waals surface area contributed by atoms with Gasteiger partial charge in [0.1, 0.15) is 0 Å². The molecule has 1 heterocycles. The highest BCUT2D eigenvalue weighted by Crippen LogP contribution is 2.30. The maximum Gasteiger partial charge on any atom is 0.311 e. The van der Waals surface area contributed by atoms with Gasteiger partial charge in [0, 0.05) is 17.2 Å². The van der Waals surface area contributed by atoms with Gasteiger partial charge in [0.25, 0.3) is 0 Å². The van der Waals surface area contributed by atoms with Crippen molar-refractivity contribution in [2.45, 2.75) is 6.61 Å². The molecule has 0 radical (unpaired) electrons. The largest absolute Gasteiger partial charge is 0.478 e. The Balaban J connectivity index is 2.17. The smallest absolute Gasteiger partial charge is 0.311 e. The average Bonchev–Trinajstić information content (AvgIpc) is 2.72. The predicted molar refractivity (Wildman–Crippen MR) is 61.2 cm³/mol. The predicted octanol–water partition coefficient (Wildman–Crippen LogP) is 1.35. The maximum atomic E-state index is 10.8. The first-order chi connectivity index (χ1) is 8.56. The van der Waals surface area contributed by atoms with Gasteiger partial charge in [0.2, 0.25) is 5.82 Å². The zero-order valence-electron chi connectivity index (χ0n) is 9.28. The van der Waals surface area contributed by atoms with E-state index in [1.807, 2.05) is 0 Å². The fourth-order valence-electron chi connectivity index (χ4n) is 1.28. The van der Waals surface area contributed by atoms with Gasteiger partial charge >= 0.3 is 5.69 Å². The van der Waals surface area contributed by atoms with Crippen molar-refractivity contribution in [2.75, 3.05) is 0 Å². The molecule has 8 nitrogen and oxygen atoms in total. The number of nitro groups is 1. The average molecular weight is 270 g/mol. The Morgan fingerprint density at radius 3 is 2.94 bits per heavy atom. The number of halogens is 1. The third-order valence-corrected chi connectivity index (χ3v) is 2.26. The standard InChI is InChI=1S/C9H8ClN5O3/c1-14-12-9(11-13-14)5-18-8-4-6(10)2-3-7(8)15(16)17/h2-4H,5H2,1H3. The number of nitrogens with zero attached hydrogens (tertiary/aromatic N) is 5. The Labute approximate surface area is 106 Å². The Hall–Kier alpha value is -2.22. The second-order valence-corrected chi connectivity index (χ2v) is 3.79. The van der Waals surface area contributed by atoms with E-state index >= 15 is 0 Å². The summed E-state index contributed by atoms with van der Waals surface area (Å²) < 4.78 is 5.27. The van der Waals surface area contributed by atoms with Crippen LogP contribution in [0.4, 0.5) is 5.69 Å². The molecule has 0 saturated heterocycles. The van der Waals surface area contributed by atoms with Crippen LogP contribution in [0.3, 0.4) is 0 Å². The quantitative estimate of drug-likeness (QED) is 0.614. The van der Waals surface area contributed by atoms with Gasteiger partial charge in [-0.1, -0.05) is 11.6 Å². The lowest BCUT2D eigenvalue weighted by atomic mass is 10.3. The molecule has 0 aliphatic carbocycles. The second kappa shape index (κ2) is 4.96. The summed E-state index contributed by atoms with van der Waals surface area (Å²) >= 11 is 5.76. The summed E-state index contributed by atoms with van der Waals surface area (Å²) in [6.07, 6.45) is 0. The molecular weight excluding hydrogens is 262 g/mol. The van der Waals surface area contributed by atoms with Crippen LogP contribution in [0.5, 0.6) is 5.75 Å². The number of tetrazole rings is 1. The lowest BCUT2D eigenvalue weighted by molar-refractivity contribution is -0.385. The molecule has 0 bridgehead atoms. The topological polar surface area (TPSA) is 96.0 Å². The van der Waals surface area contributed by atoms with Crippen molar-refractivity contribution in [3.8, 4) is 5.75 Å². The van der Waals surface area contributed by atoms with Crippen molar-refractivity contribution in [1.29, 1.82) is 0 Å². The number of benzene rings is 1. The van der Waals surface area contributed by atoms with Crippen LogP contribution in [0.25, 0.3) is 0 Å². The third-order valence-electron chi connectivity index (χ3n) is 2.03. The maximum absolute atomic E-state index is 10.8. The van der Waals surface area contributed by atoms with Crippen LogP contribution in [0.2, 0.25) is 5.02 Å². The molecular formula is C9H8ClN5O3. The fraction of sp³-hybridized carbons (Fsp3) is 0.222. The molecule has 2 aromatic rings. The van der Waals surface area contributed by atoms with E-state index in [9.17, 15) is 10.1 Å². The molecule has 9 heteroatoms. The van der Waals surface area contributed by atoms with E-state index < -0.39 is 4.92 Å². The van der Waals surface area contributed by atoms with E-state index in [2.05, 4.69) is 15.4 Å². The lowest BCUT2D eigenvalue weighted by Crippen LogP contribution is -2.01. The van der Waals surface area contributed by atoms with Gasteiger partial charge in [-0.2, -0.15) is 4.80 Å². The monoisotopic (exact) mass is 269 g/mol. The van der Waals surface area contributed by atoms with E-state index in [1.165, 1.54) is 23.0 Å². The molecule has 2 rings (SSSR count). The molecule has 18 heavy (non-hydrogen) atoms. The summed E-state index contributed by atoms with van der Waals surface area (Å²) in [5.74, 6) is 0.395. The van der Waals surface area contributed by atoms with Gasteiger partial charge in [-0.05, 0) is 11.3 Å². The normalized spacial score (nSPS) is 10.3. The van der Waals surface area contributed by atoms with Crippen molar-refractivity contribution in [1.82, 2.24) is 20.2 Å². The van der Waals surface area contributed by atoms with Crippen LogP contribution in [0.15, 0.2) is 18.2 Å². The minimum atomic E-state index is -0.546. The van der Waals surface area contributed by atoms with E-state index in [1.54, 1.807) is 7.05 Å². The molecule has 0 amide bonds. The van der Waals surface area contributed by atoms with Crippen molar-refractivity contribution in [2.24, 2.45) is 7.05 Å². The molecule has 94 valence electrons. The highest BCUT2D eigenvalue weighted by atomic mass is 35.5. The number of aryl methyl sites for hydroxylation is 1. The fourth-order valence-corrected chi connectivity index (χ4v) is 1.44. The summed E-state index contributed by atoms with van der Waals surface area (Å²) in [4.78, 5) is 11.5. The highest BCUT2D eigenvalue weighted by Gasteiger charge is 2.16. The number of ether oxygens (including phenoxy) is 1. The number of hydrogen-bond donors (Lipinski definition) is 0. The first-order valence-corrected chi connectivity index (χ1v) is 5.23. The van der Waals surface area contributed by atoms with Crippen molar-refractivity contribution in [3.05, 3.63) is 39.2 Å². The zero-order valence-corrected chi connectivity index (χ0v) is 10.0. The van der Waals surface area contributed by atoms with Gasteiger partial charge in [0.05, 0.1) is 12.0 Å². The third kappa shape index (κ3) is 2.72. The van der Waals surface area contributed by atoms with Gasteiger partial charge in [-0.3, -0.25) is 10.1 Å². The summed E-state index contributed by atoms with van der Waals surface area (Å²) in [6.45, 7) is -0.0188. The lowest BCUT2D eigenvalue weighted by Gasteiger charge is -2.04. The van der Waals surface area contributed by atoms with Crippen LogP contribution >= 0.6 is 11.6 Å². The van der Waals surface area contributed by atoms with Crippen LogP contribution in [-0.2, 0) is 13.7 Å². The van der Waals surface area contributed by atoms with Gasteiger partial charge in [0.15, 0.2) is 12.4 Å². The Kier molecular flexibility index (Phi) is 3.38. The molecule has 0 spiro atoms. The Morgan fingerprint density at radius 1 is 1.56 bits per heavy atom. The van der Waals surface area contributed by atoms with Crippen LogP contribution in [0.1, 0.15) is 5.82 Å². The molecule has 0 N–H and O–H groups in total. The molecule has 0 aliphatic heterocycles. The molecule has 1 aromatic carbocycles. The first kappa shape index (κ1) is 12.2. The summed E-state index contributed by atoms with van der Waals surface area (Å²) in [5, 5.41) is 22.3. The number of nitro benzene ring substituents is 1. The van der Waals surface area contributed by atoms with Gasteiger partial charge < -0.3 is 4.74 Å². The molecule has 0 aliphatic rings. The minimum absolute atomic E-state index is 0.0188. The molecule has 0 atom stereocenters. The Bertz CT molecular complexity index is 585. The van der Waals surface area contributed by atoms with E-state index in [-0.39, 0.29) is 18.0 Å². The minimum Gasteiger partial charge on any atom is -0.478 e. The Morgan fingerprint density at radius 2 is 2.33 bits per heavy atom. The summed E-state index contributed by atoms with van der Waals surface area (Å²) in [5.41, 5.74) is -0.164. The number of aromatic nitrogens is 4. The van der Waals surface area contributed by atoms with Crippen LogP contribution in [0, 0.1) is 10.1 Å². The summed E-state index contributed by atoms with van der Waals surface area (Å²) in [6, 6.07) is 4.07. The highest BCUT2D eigenvalue weighted by molar-refractivity contribution is 6.30. The van der Waals surface area contributed by atoms with E-state index in [4.69, 9.17) is 16.3 Å². The summed E-state index contributed by atoms with van der Waals surface area (Å²) in [7, 11) is 1.61. The molecule has 1 aromatic heterocycles. The molecule has 0 saturated carbocycles. The number of rotatable bonds is 4. The second-order valence-electron chi connectivity index (χ2n) is 3.35. The van der Waals surface area contributed by atoms with Gasteiger partial charge in [-0.25, -0.2) is 0 Å². The van der Waals surface area contributed by atoms with Gasteiger partial charge in [-0.15, -0.1) is 10.2 Å². The molecule has 0 unspecified atom stereocenters. The van der Waals surface area contributed by atoms with Crippen molar-refractivity contribution in [3.63, 3.8) is 0 Å². The molecule has 0 fully saturated rings. The van der Waals surface area contributed by atoms with E-state index in [0.717, 1.165) is 0 Å². The SMILES string of the molecule is Cn1nnc(COc2cc(Cl)ccc2[N+](=O)[O-])n1. The number of hydrogen-bond acceptors (Lipinski definition) is 6. The van der Waals surface area contributed by atoms with Crippen molar-refractivity contribution < 1.29 is 9.66 Å². The van der Waals surface area contributed by atoms with Crippen LogP contribution < -0.4 is 4.74 Å².